The Morgan fingerprint density at radius 1 is 1.43 bits per heavy atom. The molecule has 1 rings (SSSR count). The molecule has 78 valence electrons. The van der Waals surface area contributed by atoms with Gasteiger partial charge in [-0.05, 0) is 30.7 Å². The Hall–Kier alpha value is -1.10. The summed E-state index contributed by atoms with van der Waals surface area (Å²) in [6, 6.07) is 4.37. The number of aryl methyl sites for hydroxylation is 1. The molecule has 5 heteroatoms. The predicted octanol–water partition coefficient (Wildman–Crippen LogP) is 1.32. The molecule has 0 aliphatic heterocycles. The van der Waals surface area contributed by atoms with Crippen LogP contribution in [0.4, 0.5) is 10.1 Å². The standard InChI is InChI=1S/C9H12FNO2S/c1-7-6-8(2-3-9(7)11)14(12,13)5-4-10/h2-3,6H,4-5,11H2,1H3. The SMILES string of the molecule is Cc1cc(S(=O)(=O)CCF)ccc1N. The van der Waals surface area contributed by atoms with Gasteiger partial charge in [0, 0.05) is 5.69 Å². The number of nitrogen functional groups attached to an aromatic ring is 1. The van der Waals surface area contributed by atoms with Crippen LogP contribution in [0.5, 0.6) is 0 Å². The van der Waals surface area contributed by atoms with E-state index in [2.05, 4.69) is 0 Å². The fourth-order valence-electron chi connectivity index (χ4n) is 1.06. The molecular weight excluding hydrogens is 205 g/mol. The van der Waals surface area contributed by atoms with Gasteiger partial charge in [-0.25, -0.2) is 12.8 Å². The van der Waals surface area contributed by atoms with Crippen molar-refractivity contribution in [3.8, 4) is 0 Å². The highest BCUT2D eigenvalue weighted by Gasteiger charge is 2.14. The van der Waals surface area contributed by atoms with E-state index >= 15 is 0 Å². The number of nitrogens with two attached hydrogens (primary N) is 1. The summed E-state index contributed by atoms with van der Waals surface area (Å²) in [6.07, 6.45) is 0. The van der Waals surface area contributed by atoms with Gasteiger partial charge in [0.15, 0.2) is 9.84 Å². The molecule has 0 aromatic heterocycles. The summed E-state index contributed by atoms with van der Waals surface area (Å²) in [7, 11) is -3.48. The number of anilines is 1. The minimum Gasteiger partial charge on any atom is -0.399 e. The summed E-state index contributed by atoms with van der Waals surface area (Å²) in [5.74, 6) is -0.476. The first-order valence-electron chi connectivity index (χ1n) is 4.12. The van der Waals surface area contributed by atoms with Crippen LogP contribution in [0.2, 0.25) is 0 Å². The van der Waals surface area contributed by atoms with E-state index in [4.69, 9.17) is 5.73 Å². The zero-order chi connectivity index (χ0) is 10.8. The summed E-state index contributed by atoms with van der Waals surface area (Å²) in [5.41, 5.74) is 6.75. The van der Waals surface area contributed by atoms with Gasteiger partial charge in [0.2, 0.25) is 0 Å². The van der Waals surface area contributed by atoms with Crippen LogP contribution in [0, 0.1) is 6.92 Å². The third kappa shape index (κ3) is 2.23. The third-order valence-corrected chi connectivity index (χ3v) is 3.61. The van der Waals surface area contributed by atoms with Crippen LogP contribution < -0.4 is 5.73 Å². The maximum Gasteiger partial charge on any atom is 0.180 e. The molecule has 1 aromatic rings. The van der Waals surface area contributed by atoms with Crippen LogP contribution in [-0.4, -0.2) is 20.8 Å². The Morgan fingerprint density at radius 2 is 2.07 bits per heavy atom. The van der Waals surface area contributed by atoms with Crippen LogP contribution in [0.1, 0.15) is 5.56 Å². The van der Waals surface area contributed by atoms with Crippen molar-refractivity contribution >= 4 is 15.5 Å². The Bertz CT molecular complexity index is 428. The van der Waals surface area contributed by atoms with Gasteiger partial charge in [-0.1, -0.05) is 0 Å². The van der Waals surface area contributed by atoms with Crippen molar-refractivity contribution in [3.05, 3.63) is 23.8 Å². The van der Waals surface area contributed by atoms with Crippen LogP contribution in [0.3, 0.4) is 0 Å². The summed E-state index contributed by atoms with van der Waals surface area (Å²) < 4.78 is 34.8. The van der Waals surface area contributed by atoms with Gasteiger partial charge in [-0.3, -0.25) is 0 Å². The van der Waals surface area contributed by atoms with Crippen molar-refractivity contribution in [2.75, 3.05) is 18.2 Å². The van der Waals surface area contributed by atoms with Gasteiger partial charge in [-0.15, -0.1) is 0 Å². The number of halogens is 1. The Balaban J connectivity index is 3.15. The maximum atomic E-state index is 12.0. The van der Waals surface area contributed by atoms with Crippen LogP contribution in [0.15, 0.2) is 23.1 Å². The molecule has 14 heavy (non-hydrogen) atoms. The Kier molecular flexibility index (Phi) is 3.10. The van der Waals surface area contributed by atoms with Gasteiger partial charge in [-0.2, -0.15) is 0 Å². The van der Waals surface area contributed by atoms with Gasteiger partial charge in [0.25, 0.3) is 0 Å². The molecule has 0 amide bonds. The third-order valence-electron chi connectivity index (χ3n) is 1.95. The smallest absolute Gasteiger partial charge is 0.180 e. The fraction of sp³-hybridized carbons (Fsp3) is 0.333. The number of alkyl halides is 1. The topological polar surface area (TPSA) is 60.2 Å². The van der Waals surface area contributed by atoms with Gasteiger partial charge in [0.05, 0.1) is 10.6 Å². The second-order valence-electron chi connectivity index (χ2n) is 3.03. The lowest BCUT2D eigenvalue weighted by Gasteiger charge is -2.04. The van der Waals surface area contributed by atoms with Crippen LogP contribution >= 0.6 is 0 Å². The lowest BCUT2D eigenvalue weighted by molar-refractivity contribution is 0.517. The number of sulfone groups is 1. The van der Waals surface area contributed by atoms with Crippen molar-refractivity contribution in [3.63, 3.8) is 0 Å². The van der Waals surface area contributed by atoms with Crippen molar-refractivity contribution in [1.82, 2.24) is 0 Å². The highest BCUT2D eigenvalue weighted by molar-refractivity contribution is 7.91. The normalized spacial score (nSPS) is 11.6. The van der Waals surface area contributed by atoms with Crippen molar-refractivity contribution in [2.24, 2.45) is 0 Å². The zero-order valence-corrected chi connectivity index (χ0v) is 8.64. The fourth-order valence-corrected chi connectivity index (χ4v) is 2.13. The summed E-state index contributed by atoms with van der Waals surface area (Å²) in [5, 5.41) is 0. The minimum absolute atomic E-state index is 0.127. The molecule has 0 spiro atoms. The van der Waals surface area contributed by atoms with E-state index in [1.54, 1.807) is 6.92 Å². The van der Waals surface area contributed by atoms with E-state index in [-0.39, 0.29) is 4.90 Å². The molecule has 0 aliphatic carbocycles. The molecular formula is C9H12FNO2S. The Labute approximate surface area is 82.7 Å². The minimum atomic E-state index is -3.48. The van der Waals surface area contributed by atoms with Crippen LogP contribution in [-0.2, 0) is 9.84 Å². The van der Waals surface area contributed by atoms with E-state index in [1.165, 1.54) is 18.2 Å². The lowest BCUT2D eigenvalue weighted by Crippen LogP contribution is -2.08. The van der Waals surface area contributed by atoms with E-state index in [0.717, 1.165) is 0 Å². The van der Waals surface area contributed by atoms with E-state index in [0.29, 0.717) is 11.3 Å². The summed E-state index contributed by atoms with van der Waals surface area (Å²) in [4.78, 5) is 0.127. The van der Waals surface area contributed by atoms with Gasteiger partial charge < -0.3 is 5.73 Å². The second-order valence-corrected chi connectivity index (χ2v) is 5.14. The quantitative estimate of drug-likeness (QED) is 0.777. The first-order chi connectivity index (χ1) is 6.47. The maximum absolute atomic E-state index is 12.0. The average molecular weight is 217 g/mol. The second kappa shape index (κ2) is 3.96. The lowest BCUT2D eigenvalue weighted by atomic mass is 10.2. The van der Waals surface area contributed by atoms with Crippen molar-refractivity contribution in [1.29, 1.82) is 0 Å². The molecule has 0 unspecified atom stereocenters. The summed E-state index contributed by atoms with van der Waals surface area (Å²) in [6.45, 7) is 0.843. The first kappa shape index (κ1) is 11.0. The highest BCUT2D eigenvalue weighted by atomic mass is 32.2. The number of benzene rings is 1. The summed E-state index contributed by atoms with van der Waals surface area (Å²) >= 11 is 0. The largest absolute Gasteiger partial charge is 0.399 e. The molecule has 1 aromatic carbocycles. The average Bonchev–Trinajstić information content (AvgIpc) is 2.09. The molecule has 0 saturated carbocycles. The number of hydrogen-bond acceptors (Lipinski definition) is 3. The monoisotopic (exact) mass is 217 g/mol. The number of rotatable bonds is 3. The predicted molar refractivity (Wildman–Crippen MR) is 53.6 cm³/mol. The van der Waals surface area contributed by atoms with E-state index in [1.807, 2.05) is 0 Å². The molecule has 0 saturated heterocycles. The molecule has 0 bridgehead atoms. The zero-order valence-electron chi connectivity index (χ0n) is 7.83. The number of hydrogen-bond donors (Lipinski definition) is 1. The van der Waals surface area contributed by atoms with Crippen LogP contribution in [0.25, 0.3) is 0 Å². The van der Waals surface area contributed by atoms with E-state index in [9.17, 15) is 12.8 Å². The molecule has 0 heterocycles. The van der Waals surface area contributed by atoms with Crippen molar-refractivity contribution in [2.45, 2.75) is 11.8 Å². The van der Waals surface area contributed by atoms with Gasteiger partial charge in [0.1, 0.15) is 6.67 Å². The highest BCUT2D eigenvalue weighted by Crippen LogP contribution is 2.17. The first-order valence-corrected chi connectivity index (χ1v) is 5.77. The molecule has 3 nitrogen and oxygen atoms in total. The molecule has 0 fully saturated rings. The molecule has 0 radical (unpaired) electrons. The van der Waals surface area contributed by atoms with E-state index < -0.39 is 22.3 Å². The van der Waals surface area contributed by atoms with Gasteiger partial charge >= 0.3 is 0 Å². The molecule has 2 N–H and O–H groups in total. The Morgan fingerprint density at radius 3 is 2.57 bits per heavy atom. The van der Waals surface area contributed by atoms with Crippen molar-refractivity contribution < 1.29 is 12.8 Å². The molecule has 0 aliphatic rings. The molecule has 0 atom stereocenters.